The summed E-state index contributed by atoms with van der Waals surface area (Å²) in [7, 11) is 1.59. The quantitative estimate of drug-likeness (QED) is 0.305. The topological polar surface area (TPSA) is 114 Å². The second kappa shape index (κ2) is 11.4. The van der Waals surface area contributed by atoms with Crippen molar-refractivity contribution in [2.45, 2.75) is 44.7 Å². The summed E-state index contributed by atoms with van der Waals surface area (Å²) in [5.41, 5.74) is 2.38. The molecule has 1 saturated carbocycles. The summed E-state index contributed by atoms with van der Waals surface area (Å²) >= 11 is 0. The van der Waals surface area contributed by atoms with Gasteiger partial charge in [-0.15, -0.1) is 0 Å². The minimum Gasteiger partial charge on any atom is -0.451 e. The highest BCUT2D eigenvalue weighted by Gasteiger charge is 2.31. The molecule has 8 nitrogen and oxygen atoms in total. The smallest absolute Gasteiger partial charge is 0.287 e. The van der Waals surface area contributed by atoms with Gasteiger partial charge in [0, 0.05) is 24.5 Å². The standard InChI is InChI=1S/C30H31N3O5/c1-31-30(36)27(21-7-3-2-4-8-21)33-29(35)25-16-15-24(37-25)20-13-11-19(12-14-20)18-32-28(34)26-17-22-9-5-6-10-23(22)38-26/h5-6,9-17,21,27H,2-4,7-8,18H2,1H3,(H,31,36)(H,32,34)(H,33,35). The van der Waals surface area contributed by atoms with Gasteiger partial charge >= 0.3 is 0 Å². The number of fused-ring (bicyclic) bond motifs is 1. The largest absolute Gasteiger partial charge is 0.451 e. The summed E-state index contributed by atoms with van der Waals surface area (Å²) in [6.07, 6.45) is 5.15. The van der Waals surface area contributed by atoms with Crippen LogP contribution in [0, 0.1) is 5.92 Å². The molecule has 0 spiro atoms. The molecule has 1 atom stereocenters. The lowest BCUT2D eigenvalue weighted by atomic mass is 9.83. The van der Waals surface area contributed by atoms with Crippen molar-refractivity contribution in [1.29, 1.82) is 0 Å². The van der Waals surface area contributed by atoms with Crippen LogP contribution >= 0.6 is 0 Å². The van der Waals surface area contributed by atoms with Crippen molar-refractivity contribution >= 4 is 28.7 Å². The van der Waals surface area contributed by atoms with Crippen molar-refractivity contribution in [2.75, 3.05) is 7.05 Å². The van der Waals surface area contributed by atoms with Crippen LogP contribution in [0.5, 0.6) is 0 Å². The molecule has 38 heavy (non-hydrogen) atoms. The van der Waals surface area contributed by atoms with E-state index in [2.05, 4.69) is 16.0 Å². The van der Waals surface area contributed by atoms with Crippen LogP contribution in [0.25, 0.3) is 22.3 Å². The number of benzene rings is 2. The number of rotatable bonds is 8. The maximum atomic E-state index is 12.9. The SMILES string of the molecule is CNC(=O)C(NC(=O)c1ccc(-c2ccc(CNC(=O)c3cc4ccccc4o3)cc2)o1)C1CCCCC1. The van der Waals surface area contributed by atoms with Crippen molar-refractivity contribution in [3.8, 4) is 11.3 Å². The molecule has 0 aliphatic heterocycles. The van der Waals surface area contributed by atoms with Crippen LogP contribution in [0.1, 0.15) is 58.8 Å². The van der Waals surface area contributed by atoms with Gasteiger partial charge in [0.15, 0.2) is 11.5 Å². The Balaban J connectivity index is 1.19. The molecule has 1 fully saturated rings. The first kappa shape index (κ1) is 25.3. The van der Waals surface area contributed by atoms with E-state index in [1.807, 2.05) is 48.5 Å². The van der Waals surface area contributed by atoms with Crippen LogP contribution < -0.4 is 16.0 Å². The summed E-state index contributed by atoms with van der Waals surface area (Å²) < 4.78 is 11.4. The van der Waals surface area contributed by atoms with E-state index >= 15 is 0 Å². The van der Waals surface area contributed by atoms with Gasteiger partial charge in [-0.3, -0.25) is 14.4 Å². The number of carbonyl (C=O) groups excluding carboxylic acids is 3. The van der Waals surface area contributed by atoms with Crippen LogP contribution in [-0.2, 0) is 11.3 Å². The second-order valence-electron chi connectivity index (χ2n) is 9.66. The molecule has 2 aromatic carbocycles. The Kier molecular flexibility index (Phi) is 7.58. The second-order valence-corrected chi connectivity index (χ2v) is 9.66. The van der Waals surface area contributed by atoms with E-state index in [1.54, 1.807) is 25.2 Å². The van der Waals surface area contributed by atoms with Gasteiger partial charge in [0.25, 0.3) is 11.8 Å². The molecule has 8 heteroatoms. The zero-order valence-corrected chi connectivity index (χ0v) is 21.3. The molecule has 2 heterocycles. The van der Waals surface area contributed by atoms with Crippen molar-refractivity contribution in [3.63, 3.8) is 0 Å². The zero-order valence-electron chi connectivity index (χ0n) is 21.3. The molecule has 3 N–H and O–H groups in total. The minimum absolute atomic E-state index is 0.127. The molecule has 1 unspecified atom stereocenters. The lowest BCUT2D eigenvalue weighted by Crippen LogP contribution is -2.50. The fourth-order valence-corrected chi connectivity index (χ4v) is 5.00. The summed E-state index contributed by atoms with van der Waals surface area (Å²) in [6.45, 7) is 0.337. The molecule has 0 saturated heterocycles. The van der Waals surface area contributed by atoms with Crippen LogP contribution in [0.3, 0.4) is 0 Å². The minimum atomic E-state index is -0.574. The van der Waals surface area contributed by atoms with Crippen LogP contribution in [0.4, 0.5) is 0 Å². The molecule has 1 aliphatic carbocycles. The monoisotopic (exact) mass is 513 g/mol. The van der Waals surface area contributed by atoms with E-state index in [-0.39, 0.29) is 29.3 Å². The lowest BCUT2D eigenvalue weighted by molar-refractivity contribution is -0.124. The Hall–Kier alpha value is -4.33. The molecule has 0 radical (unpaired) electrons. The summed E-state index contributed by atoms with van der Waals surface area (Å²) in [6, 6.07) is 19.5. The van der Waals surface area contributed by atoms with Crippen molar-refractivity contribution in [1.82, 2.24) is 16.0 Å². The highest BCUT2D eigenvalue weighted by atomic mass is 16.4. The number of amides is 3. The molecule has 1 aliphatic rings. The zero-order chi connectivity index (χ0) is 26.5. The molecule has 5 rings (SSSR count). The third-order valence-electron chi connectivity index (χ3n) is 7.11. The third-order valence-corrected chi connectivity index (χ3v) is 7.11. The molecular weight excluding hydrogens is 482 g/mol. The Morgan fingerprint density at radius 1 is 0.868 bits per heavy atom. The third kappa shape index (κ3) is 5.64. The van der Waals surface area contributed by atoms with Crippen LogP contribution in [-0.4, -0.2) is 30.8 Å². The van der Waals surface area contributed by atoms with Gasteiger partial charge in [0.05, 0.1) is 0 Å². The maximum absolute atomic E-state index is 12.9. The fraction of sp³-hybridized carbons (Fsp3) is 0.300. The van der Waals surface area contributed by atoms with E-state index < -0.39 is 11.9 Å². The summed E-state index contributed by atoms with van der Waals surface area (Å²) in [4.78, 5) is 37.9. The predicted octanol–water partition coefficient (Wildman–Crippen LogP) is 5.05. The molecule has 3 amide bonds. The van der Waals surface area contributed by atoms with Gasteiger partial charge in [-0.2, -0.15) is 0 Å². The maximum Gasteiger partial charge on any atom is 0.287 e. The van der Waals surface area contributed by atoms with Gasteiger partial charge in [-0.25, -0.2) is 0 Å². The van der Waals surface area contributed by atoms with Gasteiger partial charge in [-0.1, -0.05) is 61.7 Å². The predicted molar refractivity (Wildman–Crippen MR) is 143 cm³/mol. The molecule has 2 aromatic heterocycles. The van der Waals surface area contributed by atoms with Crippen LogP contribution in [0.15, 0.2) is 75.6 Å². The Morgan fingerprint density at radius 2 is 1.63 bits per heavy atom. The summed E-state index contributed by atoms with van der Waals surface area (Å²) in [5, 5.41) is 9.31. The fourth-order valence-electron chi connectivity index (χ4n) is 5.00. The Labute approximate surface area is 220 Å². The van der Waals surface area contributed by atoms with E-state index in [0.29, 0.717) is 17.9 Å². The first-order valence-corrected chi connectivity index (χ1v) is 13.0. The van der Waals surface area contributed by atoms with E-state index in [4.69, 9.17) is 8.83 Å². The average Bonchev–Trinajstić information content (AvgIpc) is 3.63. The molecule has 4 aromatic rings. The Morgan fingerprint density at radius 3 is 2.37 bits per heavy atom. The molecule has 196 valence electrons. The number of hydrogen-bond acceptors (Lipinski definition) is 5. The first-order valence-electron chi connectivity index (χ1n) is 13.0. The van der Waals surface area contributed by atoms with E-state index in [0.717, 1.165) is 42.2 Å². The van der Waals surface area contributed by atoms with Crippen LogP contribution in [0.2, 0.25) is 0 Å². The number of hydrogen-bond donors (Lipinski definition) is 3. The molecular formula is C30H31N3O5. The Bertz CT molecular complexity index is 1400. The number of carbonyl (C=O) groups is 3. The highest BCUT2D eigenvalue weighted by Crippen LogP contribution is 2.28. The van der Waals surface area contributed by atoms with Gasteiger partial charge in [0.1, 0.15) is 17.4 Å². The van der Waals surface area contributed by atoms with Gasteiger partial charge < -0.3 is 24.8 Å². The van der Waals surface area contributed by atoms with Gasteiger partial charge in [0.2, 0.25) is 5.91 Å². The number of para-hydroxylation sites is 1. The first-order chi connectivity index (χ1) is 18.5. The summed E-state index contributed by atoms with van der Waals surface area (Å²) in [5.74, 6) is 0.234. The van der Waals surface area contributed by atoms with Crippen molar-refractivity contribution in [2.24, 2.45) is 5.92 Å². The average molecular weight is 514 g/mol. The highest BCUT2D eigenvalue weighted by molar-refractivity contribution is 5.96. The lowest BCUT2D eigenvalue weighted by Gasteiger charge is -2.29. The number of likely N-dealkylation sites (N-methyl/N-ethyl adjacent to an activating group) is 1. The normalized spacial score (nSPS) is 14.7. The van der Waals surface area contributed by atoms with Gasteiger partial charge in [-0.05, 0) is 48.6 Å². The van der Waals surface area contributed by atoms with Crippen molar-refractivity contribution in [3.05, 3.63) is 83.8 Å². The number of nitrogens with one attached hydrogen (secondary N) is 3. The van der Waals surface area contributed by atoms with E-state index in [1.165, 1.54) is 6.42 Å². The number of furan rings is 2. The van der Waals surface area contributed by atoms with Crippen molar-refractivity contribution < 1.29 is 23.2 Å². The molecule has 0 bridgehead atoms. The van der Waals surface area contributed by atoms with E-state index in [9.17, 15) is 14.4 Å².